The summed E-state index contributed by atoms with van der Waals surface area (Å²) < 4.78 is 11.0. The molecular weight excluding hydrogens is 320 g/mol. The van der Waals surface area contributed by atoms with Gasteiger partial charge in [-0.15, -0.1) is 0 Å². The Morgan fingerprint density at radius 2 is 1.42 bits per heavy atom. The van der Waals surface area contributed by atoms with E-state index in [0.717, 1.165) is 23.3 Å². The van der Waals surface area contributed by atoms with Gasteiger partial charge in [0.25, 0.3) is 0 Å². The van der Waals surface area contributed by atoms with E-state index in [1.165, 1.54) is 27.6 Å². The Kier molecular flexibility index (Phi) is 4.49. The highest BCUT2D eigenvalue weighted by molar-refractivity contribution is 6.02. The molecule has 0 heterocycles. The molecule has 0 spiro atoms. The SMILES string of the molecule is COC1=CC[CH]C(c2ccccc2-c2ccc(OC)c3ccccc23)=C1. The molecular formula is C24H21O2. The molecule has 1 radical (unpaired) electrons. The van der Waals surface area contributed by atoms with Crippen LogP contribution in [0.3, 0.4) is 0 Å². The molecule has 2 nitrogen and oxygen atoms in total. The van der Waals surface area contributed by atoms with Gasteiger partial charge in [0, 0.05) is 5.39 Å². The van der Waals surface area contributed by atoms with Crippen molar-refractivity contribution < 1.29 is 9.47 Å². The Bertz CT molecular complexity index is 1010. The third-order valence-electron chi connectivity index (χ3n) is 4.82. The number of methoxy groups -OCH3 is 2. The van der Waals surface area contributed by atoms with Crippen LogP contribution in [0.1, 0.15) is 12.0 Å². The zero-order chi connectivity index (χ0) is 17.9. The highest BCUT2D eigenvalue weighted by Gasteiger charge is 2.15. The first-order valence-corrected chi connectivity index (χ1v) is 8.76. The number of allylic oxidation sites excluding steroid dienone is 3. The fraction of sp³-hybridized carbons (Fsp3) is 0.125. The smallest absolute Gasteiger partial charge is 0.126 e. The van der Waals surface area contributed by atoms with Crippen LogP contribution < -0.4 is 4.74 Å². The van der Waals surface area contributed by atoms with Gasteiger partial charge < -0.3 is 9.47 Å². The number of benzene rings is 3. The Hall–Kier alpha value is -3.00. The van der Waals surface area contributed by atoms with Crippen LogP contribution in [-0.4, -0.2) is 14.2 Å². The molecule has 0 aliphatic heterocycles. The maximum absolute atomic E-state index is 5.55. The third-order valence-corrected chi connectivity index (χ3v) is 4.82. The second kappa shape index (κ2) is 7.09. The fourth-order valence-electron chi connectivity index (χ4n) is 3.56. The summed E-state index contributed by atoms with van der Waals surface area (Å²) in [5.41, 5.74) is 4.83. The predicted octanol–water partition coefficient (Wildman–Crippen LogP) is 6.04. The monoisotopic (exact) mass is 341 g/mol. The molecule has 1 aliphatic carbocycles. The number of hydrogen-bond donors (Lipinski definition) is 0. The van der Waals surface area contributed by atoms with Crippen molar-refractivity contribution in [3.63, 3.8) is 0 Å². The second-order valence-electron chi connectivity index (χ2n) is 6.26. The standard InChI is InChI=1S/C24H21O2/c1-25-18-9-7-8-17(16-18)19-10-3-4-11-20(19)22-14-15-24(26-2)23-13-6-5-12-21(22)23/h3-6,8-16H,7H2,1-2H3. The molecule has 4 rings (SSSR count). The summed E-state index contributed by atoms with van der Waals surface area (Å²) >= 11 is 0. The van der Waals surface area contributed by atoms with Gasteiger partial charge in [0.1, 0.15) is 11.5 Å². The maximum Gasteiger partial charge on any atom is 0.126 e. The summed E-state index contributed by atoms with van der Waals surface area (Å²) in [5.74, 6) is 1.81. The molecule has 0 unspecified atom stereocenters. The summed E-state index contributed by atoms with van der Waals surface area (Å²) in [6, 6.07) is 21.1. The molecule has 1 aliphatic rings. The lowest BCUT2D eigenvalue weighted by Gasteiger charge is -2.18. The second-order valence-corrected chi connectivity index (χ2v) is 6.26. The zero-order valence-electron chi connectivity index (χ0n) is 15.0. The van der Waals surface area contributed by atoms with Crippen molar-refractivity contribution in [1.82, 2.24) is 0 Å². The van der Waals surface area contributed by atoms with Crippen LogP contribution in [0, 0.1) is 6.42 Å². The maximum atomic E-state index is 5.55. The highest BCUT2D eigenvalue weighted by Crippen LogP contribution is 2.39. The van der Waals surface area contributed by atoms with Crippen molar-refractivity contribution in [2.75, 3.05) is 14.2 Å². The van der Waals surface area contributed by atoms with Crippen molar-refractivity contribution >= 4 is 16.3 Å². The number of fused-ring (bicyclic) bond motifs is 1. The van der Waals surface area contributed by atoms with Gasteiger partial charge in [-0.3, -0.25) is 0 Å². The average Bonchev–Trinajstić information content (AvgIpc) is 2.73. The van der Waals surface area contributed by atoms with Crippen LogP contribution in [0.4, 0.5) is 0 Å². The van der Waals surface area contributed by atoms with E-state index in [-0.39, 0.29) is 0 Å². The number of hydrogen-bond acceptors (Lipinski definition) is 2. The molecule has 0 atom stereocenters. The Balaban J connectivity index is 1.92. The van der Waals surface area contributed by atoms with Crippen molar-refractivity contribution in [2.45, 2.75) is 6.42 Å². The molecule has 0 fully saturated rings. The minimum atomic E-state index is 0.882. The van der Waals surface area contributed by atoms with Gasteiger partial charge in [0.2, 0.25) is 0 Å². The lowest BCUT2D eigenvalue weighted by molar-refractivity contribution is 0.305. The van der Waals surface area contributed by atoms with Gasteiger partial charge in [0.15, 0.2) is 0 Å². The van der Waals surface area contributed by atoms with Crippen molar-refractivity contribution in [2.24, 2.45) is 0 Å². The molecule has 0 N–H and O–H groups in total. The van der Waals surface area contributed by atoms with Gasteiger partial charge in [-0.1, -0.05) is 54.6 Å². The first kappa shape index (κ1) is 16.5. The summed E-state index contributed by atoms with van der Waals surface area (Å²) in [7, 11) is 3.43. The fourth-order valence-corrected chi connectivity index (χ4v) is 3.56. The first-order chi connectivity index (χ1) is 12.8. The Morgan fingerprint density at radius 1 is 0.692 bits per heavy atom. The van der Waals surface area contributed by atoms with E-state index in [9.17, 15) is 0 Å². The number of rotatable bonds is 4. The number of ether oxygens (including phenoxy) is 2. The summed E-state index contributed by atoms with van der Waals surface area (Å²) in [4.78, 5) is 0. The van der Waals surface area contributed by atoms with Crippen LogP contribution in [0.25, 0.3) is 27.5 Å². The Morgan fingerprint density at radius 3 is 2.19 bits per heavy atom. The van der Waals surface area contributed by atoms with E-state index in [2.05, 4.69) is 67.1 Å². The molecule has 0 saturated carbocycles. The largest absolute Gasteiger partial charge is 0.497 e. The molecule has 0 saturated heterocycles. The van der Waals surface area contributed by atoms with Gasteiger partial charge in [-0.05, 0) is 58.7 Å². The van der Waals surface area contributed by atoms with E-state index in [1.54, 1.807) is 14.2 Å². The molecule has 0 aromatic heterocycles. The van der Waals surface area contributed by atoms with Crippen molar-refractivity contribution in [1.29, 1.82) is 0 Å². The van der Waals surface area contributed by atoms with Crippen LogP contribution in [-0.2, 0) is 4.74 Å². The summed E-state index contributed by atoms with van der Waals surface area (Å²) in [5, 5.41) is 2.32. The zero-order valence-corrected chi connectivity index (χ0v) is 15.0. The Labute approximate surface area is 154 Å². The summed E-state index contributed by atoms with van der Waals surface area (Å²) in [6.45, 7) is 0. The molecule has 0 amide bonds. The first-order valence-electron chi connectivity index (χ1n) is 8.76. The lowest BCUT2D eigenvalue weighted by Crippen LogP contribution is -1.97. The summed E-state index contributed by atoms with van der Waals surface area (Å²) in [6.07, 6.45) is 7.32. The molecule has 3 aromatic rings. The minimum Gasteiger partial charge on any atom is -0.497 e. The third kappa shape index (κ3) is 2.88. The van der Waals surface area contributed by atoms with Gasteiger partial charge in [-0.25, -0.2) is 0 Å². The van der Waals surface area contributed by atoms with E-state index >= 15 is 0 Å². The quantitative estimate of drug-likeness (QED) is 0.576. The van der Waals surface area contributed by atoms with Gasteiger partial charge in [-0.2, -0.15) is 0 Å². The molecule has 129 valence electrons. The van der Waals surface area contributed by atoms with Crippen LogP contribution in [0.2, 0.25) is 0 Å². The van der Waals surface area contributed by atoms with Crippen molar-refractivity contribution in [3.8, 4) is 16.9 Å². The van der Waals surface area contributed by atoms with Crippen molar-refractivity contribution in [3.05, 3.63) is 90.6 Å². The van der Waals surface area contributed by atoms with E-state index in [1.807, 2.05) is 12.1 Å². The van der Waals surface area contributed by atoms with Crippen LogP contribution >= 0.6 is 0 Å². The topological polar surface area (TPSA) is 18.5 Å². The minimum absolute atomic E-state index is 0.882. The van der Waals surface area contributed by atoms with E-state index in [4.69, 9.17) is 9.47 Å². The molecule has 0 bridgehead atoms. The predicted molar refractivity (Wildman–Crippen MR) is 108 cm³/mol. The van der Waals surface area contributed by atoms with Gasteiger partial charge in [0.05, 0.1) is 14.2 Å². The van der Waals surface area contributed by atoms with Gasteiger partial charge >= 0.3 is 0 Å². The van der Waals surface area contributed by atoms with Crippen LogP contribution in [0.5, 0.6) is 5.75 Å². The van der Waals surface area contributed by atoms with E-state index in [0.29, 0.717) is 0 Å². The molecule has 3 aromatic carbocycles. The molecule has 2 heteroatoms. The normalized spacial score (nSPS) is 13.9. The van der Waals surface area contributed by atoms with E-state index < -0.39 is 0 Å². The average molecular weight is 341 g/mol. The molecule has 26 heavy (non-hydrogen) atoms. The lowest BCUT2D eigenvalue weighted by atomic mass is 9.88. The highest BCUT2D eigenvalue weighted by atomic mass is 16.5. The van der Waals surface area contributed by atoms with Crippen LogP contribution in [0.15, 0.2) is 78.6 Å².